The van der Waals surface area contributed by atoms with E-state index in [1.807, 2.05) is 23.1 Å². The molecule has 7 rings (SSSR count). The minimum absolute atomic E-state index is 0. The number of anilines is 1. The highest BCUT2D eigenvalue weighted by molar-refractivity contribution is 5.97. The predicted octanol–water partition coefficient (Wildman–Crippen LogP) is 2.94. The van der Waals surface area contributed by atoms with Gasteiger partial charge in [-0.3, -0.25) is 9.59 Å². The summed E-state index contributed by atoms with van der Waals surface area (Å²) in [6.45, 7) is 5.64. The fraction of sp³-hybridized carbons (Fsp3) is 0.517. The summed E-state index contributed by atoms with van der Waals surface area (Å²) < 4.78 is 5.27. The van der Waals surface area contributed by atoms with Crippen molar-refractivity contribution < 1.29 is 17.2 Å². The van der Waals surface area contributed by atoms with Crippen LogP contribution in [0.5, 0.6) is 0 Å². The summed E-state index contributed by atoms with van der Waals surface area (Å²) in [5.41, 5.74) is 4.68. The fourth-order valence-corrected chi connectivity index (χ4v) is 7.60. The van der Waals surface area contributed by atoms with Crippen LogP contribution in [0.15, 0.2) is 42.5 Å². The van der Waals surface area contributed by atoms with E-state index >= 15 is 0 Å². The second-order valence-electron chi connectivity index (χ2n) is 11.5. The summed E-state index contributed by atoms with van der Waals surface area (Å²) >= 11 is 0. The number of carbonyl (C=O) groups is 2. The second-order valence-corrected chi connectivity index (χ2v) is 11.5. The zero-order valence-electron chi connectivity index (χ0n) is 21.8. The monoisotopic (exact) mass is 518 g/mol. The maximum Gasteiger partial charge on any atom is 0.253 e. The van der Waals surface area contributed by atoms with Crippen LogP contribution < -0.4 is 4.90 Å². The first-order valence-electron chi connectivity index (χ1n) is 13.8. The molecule has 1 N–H and O–H groups in total. The summed E-state index contributed by atoms with van der Waals surface area (Å²) in [4.78, 5) is 33.5. The average molecular weight is 519 g/mol. The number of benzene rings is 2. The molecule has 3 unspecified atom stereocenters. The molecule has 202 valence electrons. The van der Waals surface area contributed by atoms with Gasteiger partial charge in [0.15, 0.2) is 0 Å². The Morgan fingerprint density at radius 1 is 0.947 bits per heavy atom. The lowest BCUT2D eigenvalue weighted by molar-refractivity contribution is -0.134. The standard InChI is InChI=1S/C29H34N6O3.2H2/c1-38-10-4-9-33-13-20(11-18-5-2-3-6-27(18)33)29(37)35-16-23-21-14-34(15-22(21)24(23)17-35)28(36)19-7-8-25-26(12-19)31-32-30-25;;/h2-3,5-8,12,20-24H,4,9-11,13-17H2,1H3,(H,30,31,32);2*1H/t20?,21-,22+,23?,24?;;. The minimum Gasteiger partial charge on any atom is -0.385 e. The first kappa shape index (κ1) is 23.6. The number of aromatic amines is 1. The molecule has 4 aliphatic rings. The summed E-state index contributed by atoms with van der Waals surface area (Å²) in [5, 5.41) is 10.8. The number of methoxy groups -OCH3 is 1. The van der Waals surface area contributed by atoms with E-state index in [4.69, 9.17) is 4.74 Å². The predicted molar refractivity (Wildman–Crippen MR) is 147 cm³/mol. The van der Waals surface area contributed by atoms with Crippen molar-refractivity contribution in [2.24, 2.45) is 29.6 Å². The SMILES string of the molecule is COCCCN1CC(C(=O)N2CC3C(C2)[C@@H]2CN(C(=O)c4ccc5n[nH]nc5c4)C[C@H]32)Cc2ccccc21.[HH].[HH]. The van der Waals surface area contributed by atoms with Gasteiger partial charge in [0.05, 0.1) is 5.92 Å². The molecule has 0 radical (unpaired) electrons. The quantitative estimate of drug-likeness (QED) is 0.505. The number of aromatic nitrogens is 3. The van der Waals surface area contributed by atoms with Gasteiger partial charge >= 0.3 is 0 Å². The highest BCUT2D eigenvalue weighted by atomic mass is 16.5. The Kier molecular flexibility index (Phi) is 5.83. The Hall–Kier alpha value is -3.46. The number of nitrogens with zero attached hydrogens (tertiary/aromatic N) is 5. The molecule has 2 aromatic carbocycles. The van der Waals surface area contributed by atoms with E-state index in [9.17, 15) is 9.59 Å². The molecule has 2 amide bonds. The molecule has 0 bridgehead atoms. The Morgan fingerprint density at radius 2 is 1.66 bits per heavy atom. The second kappa shape index (κ2) is 9.38. The molecule has 3 fully saturated rings. The molecule has 0 spiro atoms. The van der Waals surface area contributed by atoms with Crippen LogP contribution in [0, 0.1) is 29.6 Å². The molecule has 1 aliphatic carbocycles. The maximum atomic E-state index is 13.8. The van der Waals surface area contributed by atoms with Crippen LogP contribution in [0.3, 0.4) is 0 Å². The lowest BCUT2D eigenvalue weighted by atomic mass is 9.60. The normalized spacial score (nSPS) is 27.7. The minimum atomic E-state index is -0.00527. The van der Waals surface area contributed by atoms with Gasteiger partial charge in [-0.05, 0) is 66.3 Å². The van der Waals surface area contributed by atoms with Crippen molar-refractivity contribution in [3.63, 3.8) is 0 Å². The van der Waals surface area contributed by atoms with Crippen LogP contribution in [0.4, 0.5) is 5.69 Å². The molecular formula is C29H38N6O3. The smallest absolute Gasteiger partial charge is 0.253 e. The van der Waals surface area contributed by atoms with Crippen molar-refractivity contribution in [3.8, 4) is 0 Å². The van der Waals surface area contributed by atoms with Crippen LogP contribution in [0.2, 0.25) is 0 Å². The zero-order chi connectivity index (χ0) is 25.8. The van der Waals surface area contributed by atoms with Crippen molar-refractivity contribution in [1.82, 2.24) is 25.2 Å². The van der Waals surface area contributed by atoms with Crippen LogP contribution in [0.25, 0.3) is 11.0 Å². The van der Waals surface area contributed by atoms with Gasteiger partial charge in [0, 0.05) is 67.1 Å². The third kappa shape index (κ3) is 3.86. The Labute approximate surface area is 225 Å². The van der Waals surface area contributed by atoms with E-state index < -0.39 is 0 Å². The van der Waals surface area contributed by atoms with Crippen molar-refractivity contribution >= 4 is 28.5 Å². The van der Waals surface area contributed by atoms with Crippen molar-refractivity contribution in [2.75, 3.05) is 57.9 Å². The van der Waals surface area contributed by atoms with E-state index in [2.05, 4.69) is 49.5 Å². The van der Waals surface area contributed by atoms with E-state index in [1.54, 1.807) is 7.11 Å². The molecule has 3 aliphatic heterocycles. The summed E-state index contributed by atoms with van der Waals surface area (Å²) in [6.07, 6.45) is 1.76. The number of amides is 2. The zero-order valence-corrected chi connectivity index (χ0v) is 21.8. The molecule has 4 heterocycles. The van der Waals surface area contributed by atoms with Crippen LogP contribution in [-0.2, 0) is 16.0 Å². The molecule has 9 heteroatoms. The first-order valence-corrected chi connectivity index (χ1v) is 13.8. The Bertz CT molecular complexity index is 1360. The molecule has 38 heavy (non-hydrogen) atoms. The molecular weight excluding hydrogens is 480 g/mol. The van der Waals surface area contributed by atoms with E-state index in [0.717, 1.165) is 64.2 Å². The van der Waals surface area contributed by atoms with Gasteiger partial charge in [-0.25, -0.2) is 0 Å². The Morgan fingerprint density at radius 3 is 2.42 bits per heavy atom. The number of likely N-dealkylation sites (tertiary alicyclic amines) is 2. The molecule has 9 nitrogen and oxygen atoms in total. The summed E-state index contributed by atoms with van der Waals surface area (Å²) in [7, 11) is 1.74. The van der Waals surface area contributed by atoms with Crippen LogP contribution in [0.1, 0.15) is 25.2 Å². The van der Waals surface area contributed by atoms with Gasteiger partial charge in [-0.2, -0.15) is 15.4 Å². The fourth-order valence-electron chi connectivity index (χ4n) is 7.60. The third-order valence-corrected chi connectivity index (χ3v) is 9.45. The lowest BCUT2D eigenvalue weighted by Gasteiger charge is -2.42. The number of nitrogens with one attached hydrogen (secondary N) is 1. The van der Waals surface area contributed by atoms with Gasteiger partial charge in [-0.15, -0.1) is 0 Å². The molecule has 1 aromatic heterocycles. The van der Waals surface area contributed by atoms with E-state index in [-0.39, 0.29) is 14.7 Å². The largest absolute Gasteiger partial charge is 0.385 e. The molecule has 3 aromatic rings. The highest BCUT2D eigenvalue weighted by Gasteiger charge is 2.59. The van der Waals surface area contributed by atoms with Gasteiger partial charge in [0.2, 0.25) is 5.91 Å². The van der Waals surface area contributed by atoms with Gasteiger partial charge in [0.1, 0.15) is 11.0 Å². The van der Waals surface area contributed by atoms with Gasteiger partial charge in [-0.1, -0.05) is 18.2 Å². The number of rotatable bonds is 6. The summed E-state index contributed by atoms with van der Waals surface area (Å²) in [6, 6.07) is 14.0. The average Bonchev–Trinajstić information content (AvgIpc) is 3.66. The number of carbonyl (C=O) groups excluding carboxylic acids is 2. The van der Waals surface area contributed by atoms with Crippen molar-refractivity contribution in [2.45, 2.75) is 12.8 Å². The molecule has 1 saturated carbocycles. The van der Waals surface area contributed by atoms with E-state index in [1.165, 1.54) is 11.3 Å². The molecule has 2 saturated heterocycles. The number of fused-ring (bicyclic) bond motifs is 6. The molecule has 5 atom stereocenters. The van der Waals surface area contributed by atoms with Gasteiger partial charge < -0.3 is 19.4 Å². The topological polar surface area (TPSA) is 94.7 Å². The summed E-state index contributed by atoms with van der Waals surface area (Å²) in [5.74, 6) is 2.38. The number of para-hydroxylation sites is 1. The van der Waals surface area contributed by atoms with Crippen molar-refractivity contribution in [3.05, 3.63) is 53.6 Å². The lowest BCUT2D eigenvalue weighted by Crippen LogP contribution is -2.45. The number of hydrogen-bond donors (Lipinski definition) is 1. The van der Waals surface area contributed by atoms with Crippen LogP contribution in [-0.4, -0.2) is 90.0 Å². The number of hydrogen-bond acceptors (Lipinski definition) is 6. The van der Waals surface area contributed by atoms with Crippen LogP contribution >= 0.6 is 0 Å². The third-order valence-electron chi connectivity index (χ3n) is 9.45. The Balaban J connectivity index is 0.00000161. The maximum absolute atomic E-state index is 13.8. The highest BCUT2D eigenvalue weighted by Crippen LogP contribution is 2.54. The van der Waals surface area contributed by atoms with Gasteiger partial charge in [0.25, 0.3) is 5.91 Å². The first-order chi connectivity index (χ1) is 18.6. The van der Waals surface area contributed by atoms with Crippen molar-refractivity contribution in [1.29, 1.82) is 0 Å². The number of ether oxygens (including phenoxy) is 1. The van der Waals surface area contributed by atoms with E-state index in [0.29, 0.717) is 40.7 Å². The number of H-pyrrole nitrogens is 1.